The Morgan fingerprint density at radius 3 is 2.71 bits per heavy atom. The van der Waals surface area contributed by atoms with Crippen molar-refractivity contribution in [1.82, 2.24) is 5.32 Å². The third-order valence-corrected chi connectivity index (χ3v) is 5.96. The Labute approximate surface area is 184 Å². The molecule has 0 saturated carbocycles. The summed E-state index contributed by atoms with van der Waals surface area (Å²) in [7, 11) is 1.69. The standard InChI is InChI=1S/C25H33N3O3/c1-3-21-17-20-16-19(11-12-22(20)28(21)25(26)30)23(29)9-6-7-14-27-15-13-18-8-4-5-10-24(18)31-2/h4-5,8,10-12,16,21,27H,3,6-7,9,13-15,17H2,1-2H3,(H2,26,30). The summed E-state index contributed by atoms with van der Waals surface area (Å²) in [6.07, 6.45) is 4.85. The van der Waals surface area contributed by atoms with E-state index in [2.05, 4.69) is 11.4 Å². The number of nitrogens with zero attached hydrogens (tertiary/aromatic N) is 1. The minimum atomic E-state index is -0.428. The number of para-hydroxylation sites is 1. The first kappa shape index (κ1) is 22.8. The van der Waals surface area contributed by atoms with Gasteiger partial charge in [-0.3, -0.25) is 9.69 Å². The minimum absolute atomic E-state index is 0.0831. The van der Waals surface area contributed by atoms with Gasteiger partial charge in [0.25, 0.3) is 0 Å². The molecule has 1 aliphatic heterocycles. The summed E-state index contributed by atoms with van der Waals surface area (Å²) >= 11 is 0. The average Bonchev–Trinajstić information content (AvgIpc) is 3.16. The molecule has 0 aromatic heterocycles. The number of rotatable bonds is 11. The molecule has 2 amide bonds. The van der Waals surface area contributed by atoms with Crippen LogP contribution in [0, 0.1) is 0 Å². The molecule has 2 aromatic carbocycles. The summed E-state index contributed by atoms with van der Waals surface area (Å²) in [4.78, 5) is 26.1. The van der Waals surface area contributed by atoms with E-state index in [-0.39, 0.29) is 11.8 Å². The van der Waals surface area contributed by atoms with Crippen LogP contribution in [0.1, 0.15) is 54.1 Å². The van der Waals surface area contributed by atoms with E-state index in [0.717, 1.165) is 67.8 Å². The van der Waals surface area contributed by atoms with E-state index >= 15 is 0 Å². The Balaban J connectivity index is 1.40. The van der Waals surface area contributed by atoms with Crippen LogP contribution in [0.25, 0.3) is 0 Å². The number of hydrogen-bond acceptors (Lipinski definition) is 4. The zero-order valence-electron chi connectivity index (χ0n) is 18.5. The van der Waals surface area contributed by atoms with Gasteiger partial charge >= 0.3 is 6.03 Å². The van der Waals surface area contributed by atoms with Crippen LogP contribution in [0.15, 0.2) is 42.5 Å². The third-order valence-electron chi connectivity index (χ3n) is 5.96. The SMILES string of the molecule is CCC1Cc2cc(C(=O)CCCCNCCc3ccccc3OC)ccc2N1C(N)=O. The Morgan fingerprint density at radius 1 is 1.16 bits per heavy atom. The fourth-order valence-electron chi connectivity index (χ4n) is 4.26. The van der Waals surface area contributed by atoms with Gasteiger partial charge in [0.1, 0.15) is 5.75 Å². The van der Waals surface area contributed by atoms with Gasteiger partial charge in [0.05, 0.1) is 7.11 Å². The van der Waals surface area contributed by atoms with Gasteiger partial charge in [0.15, 0.2) is 5.78 Å². The van der Waals surface area contributed by atoms with Crippen LogP contribution in [0.4, 0.5) is 10.5 Å². The number of anilines is 1. The van der Waals surface area contributed by atoms with E-state index in [4.69, 9.17) is 10.5 Å². The van der Waals surface area contributed by atoms with Gasteiger partial charge in [-0.25, -0.2) is 4.79 Å². The van der Waals surface area contributed by atoms with Gasteiger partial charge in [-0.05, 0) is 80.6 Å². The molecule has 1 aliphatic rings. The Kier molecular flexibility index (Phi) is 8.06. The summed E-state index contributed by atoms with van der Waals surface area (Å²) in [5, 5.41) is 3.44. The van der Waals surface area contributed by atoms with Crippen molar-refractivity contribution in [3.05, 3.63) is 59.2 Å². The number of amides is 2. The minimum Gasteiger partial charge on any atom is -0.496 e. The number of ether oxygens (including phenoxy) is 1. The molecular weight excluding hydrogens is 390 g/mol. The highest BCUT2D eigenvalue weighted by atomic mass is 16.5. The number of benzene rings is 2. The first-order valence-electron chi connectivity index (χ1n) is 11.1. The van der Waals surface area contributed by atoms with Crippen molar-refractivity contribution in [3.63, 3.8) is 0 Å². The number of carbonyl (C=O) groups excluding carboxylic acids is 2. The van der Waals surface area contributed by atoms with Crippen molar-refractivity contribution in [2.75, 3.05) is 25.1 Å². The molecule has 0 radical (unpaired) electrons. The van der Waals surface area contributed by atoms with E-state index in [1.165, 1.54) is 5.56 Å². The van der Waals surface area contributed by atoms with Gasteiger partial charge in [-0.15, -0.1) is 0 Å². The number of ketones is 1. The molecule has 6 nitrogen and oxygen atoms in total. The molecule has 2 aromatic rings. The second-order valence-corrected chi connectivity index (χ2v) is 8.01. The third kappa shape index (κ3) is 5.64. The predicted molar refractivity (Wildman–Crippen MR) is 124 cm³/mol. The Morgan fingerprint density at radius 2 is 1.97 bits per heavy atom. The van der Waals surface area contributed by atoms with Crippen molar-refractivity contribution in [3.8, 4) is 5.75 Å². The molecule has 31 heavy (non-hydrogen) atoms. The zero-order valence-corrected chi connectivity index (χ0v) is 18.5. The summed E-state index contributed by atoms with van der Waals surface area (Å²) < 4.78 is 5.38. The first-order chi connectivity index (χ1) is 15.0. The lowest BCUT2D eigenvalue weighted by atomic mass is 10.0. The molecule has 166 valence electrons. The summed E-state index contributed by atoms with van der Waals surface area (Å²) in [5.41, 5.74) is 9.35. The van der Waals surface area contributed by atoms with Gasteiger partial charge in [0.2, 0.25) is 0 Å². The topological polar surface area (TPSA) is 84.7 Å². The van der Waals surface area contributed by atoms with Crippen molar-refractivity contribution in [2.24, 2.45) is 5.73 Å². The Bertz CT molecular complexity index is 913. The second kappa shape index (κ2) is 11.0. The molecule has 0 bridgehead atoms. The number of carbonyl (C=O) groups is 2. The normalized spacial score (nSPS) is 15.0. The fourth-order valence-corrected chi connectivity index (χ4v) is 4.26. The van der Waals surface area contributed by atoms with E-state index in [9.17, 15) is 9.59 Å². The second-order valence-electron chi connectivity index (χ2n) is 8.01. The van der Waals surface area contributed by atoms with Crippen molar-refractivity contribution in [1.29, 1.82) is 0 Å². The van der Waals surface area contributed by atoms with E-state index in [1.54, 1.807) is 12.0 Å². The summed E-state index contributed by atoms with van der Waals surface area (Å²) in [6.45, 7) is 3.81. The highest BCUT2D eigenvalue weighted by molar-refractivity contribution is 5.99. The lowest BCUT2D eigenvalue weighted by Gasteiger charge is -2.22. The number of hydrogen-bond donors (Lipinski definition) is 2. The summed E-state index contributed by atoms with van der Waals surface area (Å²) in [6, 6.07) is 13.3. The summed E-state index contributed by atoms with van der Waals surface area (Å²) in [5.74, 6) is 1.08. The molecule has 0 fully saturated rings. The van der Waals surface area contributed by atoms with Crippen LogP contribution in [0.3, 0.4) is 0 Å². The van der Waals surface area contributed by atoms with E-state index in [1.807, 2.05) is 43.3 Å². The monoisotopic (exact) mass is 423 g/mol. The smallest absolute Gasteiger partial charge is 0.319 e. The van der Waals surface area contributed by atoms with Crippen molar-refractivity contribution < 1.29 is 14.3 Å². The Hall–Kier alpha value is -2.86. The largest absolute Gasteiger partial charge is 0.496 e. The number of methoxy groups -OCH3 is 1. The van der Waals surface area contributed by atoms with Gasteiger partial charge in [0, 0.05) is 23.7 Å². The molecule has 3 N–H and O–H groups in total. The van der Waals surface area contributed by atoms with Crippen LogP contribution >= 0.6 is 0 Å². The predicted octanol–water partition coefficient (Wildman–Crippen LogP) is 4.10. The number of unbranched alkanes of at least 4 members (excludes halogenated alkanes) is 1. The maximum atomic E-state index is 12.6. The molecule has 3 rings (SSSR count). The number of nitrogens with one attached hydrogen (secondary N) is 1. The molecule has 0 aliphatic carbocycles. The average molecular weight is 424 g/mol. The van der Waals surface area contributed by atoms with Crippen LogP contribution in [-0.2, 0) is 12.8 Å². The first-order valence-corrected chi connectivity index (χ1v) is 11.1. The fraction of sp³-hybridized carbons (Fsp3) is 0.440. The molecule has 6 heteroatoms. The molecule has 0 saturated heterocycles. The van der Waals surface area contributed by atoms with Crippen LogP contribution < -0.4 is 20.7 Å². The maximum Gasteiger partial charge on any atom is 0.319 e. The van der Waals surface area contributed by atoms with Crippen LogP contribution in [-0.4, -0.2) is 38.1 Å². The number of Topliss-reactive ketones (excluding diaryl/α,β-unsaturated/α-hetero) is 1. The van der Waals surface area contributed by atoms with Crippen LogP contribution in [0.5, 0.6) is 5.75 Å². The van der Waals surface area contributed by atoms with Crippen molar-refractivity contribution >= 4 is 17.5 Å². The highest BCUT2D eigenvalue weighted by Crippen LogP contribution is 2.34. The number of primary amides is 1. The molecule has 1 unspecified atom stereocenters. The zero-order chi connectivity index (χ0) is 22.2. The molecule has 1 atom stereocenters. The number of nitrogens with two attached hydrogens (primary N) is 1. The van der Waals surface area contributed by atoms with E-state index in [0.29, 0.717) is 6.42 Å². The highest BCUT2D eigenvalue weighted by Gasteiger charge is 2.31. The van der Waals surface area contributed by atoms with Crippen molar-refractivity contribution in [2.45, 2.75) is 51.5 Å². The van der Waals surface area contributed by atoms with Gasteiger partial charge in [-0.1, -0.05) is 25.1 Å². The lowest BCUT2D eigenvalue weighted by molar-refractivity contribution is 0.0979. The quantitative estimate of drug-likeness (QED) is 0.421. The maximum absolute atomic E-state index is 12.6. The molecular formula is C25H33N3O3. The van der Waals surface area contributed by atoms with E-state index < -0.39 is 6.03 Å². The lowest BCUT2D eigenvalue weighted by Crippen LogP contribution is -2.41. The molecule has 1 heterocycles. The number of fused-ring (bicyclic) bond motifs is 1. The number of urea groups is 1. The van der Waals surface area contributed by atoms with Gasteiger partial charge in [-0.2, -0.15) is 0 Å². The van der Waals surface area contributed by atoms with Crippen LogP contribution in [0.2, 0.25) is 0 Å². The van der Waals surface area contributed by atoms with Gasteiger partial charge < -0.3 is 15.8 Å². The molecule has 0 spiro atoms.